The van der Waals surface area contributed by atoms with E-state index in [1.807, 2.05) is 42.5 Å². The molecule has 1 saturated carbocycles. The van der Waals surface area contributed by atoms with E-state index in [0.29, 0.717) is 0 Å². The van der Waals surface area contributed by atoms with Crippen LogP contribution in [0.2, 0.25) is 0 Å². The predicted octanol–water partition coefficient (Wildman–Crippen LogP) is 3.59. The van der Waals surface area contributed by atoms with Crippen LogP contribution in [-0.2, 0) is 15.4 Å². The average Bonchev–Trinajstić information content (AvgIpc) is 2.65. The van der Waals surface area contributed by atoms with E-state index in [4.69, 9.17) is 5.73 Å². The number of benzene rings is 2. The molecule has 29 heavy (non-hydrogen) atoms. The molecule has 2 aromatic rings. The van der Waals surface area contributed by atoms with Crippen molar-refractivity contribution in [3.05, 3.63) is 65.7 Å². The van der Waals surface area contributed by atoms with Gasteiger partial charge in [-0.2, -0.15) is 4.31 Å². The lowest BCUT2D eigenvalue weighted by atomic mass is 9.87. The van der Waals surface area contributed by atoms with Crippen molar-refractivity contribution in [2.45, 2.75) is 68.5 Å². The lowest BCUT2D eigenvalue weighted by molar-refractivity contribution is 0.0923. The van der Waals surface area contributed by atoms with Crippen molar-refractivity contribution < 1.29 is 13.5 Å². The van der Waals surface area contributed by atoms with E-state index < -0.39 is 22.2 Å². The Bertz CT molecular complexity index is 901. The standard InChI is InChI=1S/C23H32N2O3S/c1-23(2,3)18-12-14-20(15-13-18)29(27,28)25(19-10-7-11-19)16-21(26)22(24)17-8-5-4-6-9-17/h4-6,8-9,12-15,19,21-22,26H,7,10-11,16,24H2,1-3H3/t21-,22-/m0/s1. The minimum atomic E-state index is -3.72. The van der Waals surface area contributed by atoms with Gasteiger partial charge in [0.15, 0.2) is 0 Å². The van der Waals surface area contributed by atoms with Gasteiger partial charge >= 0.3 is 0 Å². The fourth-order valence-electron chi connectivity index (χ4n) is 3.58. The molecule has 3 N–H and O–H groups in total. The van der Waals surface area contributed by atoms with Crippen LogP contribution < -0.4 is 5.73 Å². The molecule has 6 heteroatoms. The van der Waals surface area contributed by atoms with E-state index in [1.165, 1.54) is 4.31 Å². The van der Waals surface area contributed by atoms with Gasteiger partial charge in [0.25, 0.3) is 0 Å². The first-order valence-electron chi connectivity index (χ1n) is 10.2. The second-order valence-corrected chi connectivity index (χ2v) is 10.8. The van der Waals surface area contributed by atoms with Crippen LogP contribution in [0.4, 0.5) is 0 Å². The summed E-state index contributed by atoms with van der Waals surface area (Å²) in [6.45, 7) is 6.28. The summed E-state index contributed by atoms with van der Waals surface area (Å²) < 4.78 is 28.2. The van der Waals surface area contributed by atoms with E-state index in [9.17, 15) is 13.5 Å². The number of nitrogens with zero attached hydrogens (tertiary/aromatic N) is 1. The number of aliphatic hydroxyl groups is 1. The summed E-state index contributed by atoms with van der Waals surface area (Å²) in [5.74, 6) is 0. The third kappa shape index (κ3) is 4.89. The van der Waals surface area contributed by atoms with Gasteiger partial charge in [0.2, 0.25) is 10.0 Å². The normalized spacial score (nSPS) is 17.7. The van der Waals surface area contributed by atoms with Crippen LogP contribution in [-0.4, -0.2) is 36.5 Å². The molecule has 5 nitrogen and oxygen atoms in total. The molecule has 1 aliphatic carbocycles. The summed E-state index contributed by atoms with van der Waals surface area (Å²) >= 11 is 0. The molecule has 2 atom stereocenters. The monoisotopic (exact) mass is 416 g/mol. The lowest BCUT2D eigenvalue weighted by Gasteiger charge is -2.38. The zero-order chi connectivity index (χ0) is 21.2. The SMILES string of the molecule is CC(C)(C)c1ccc(S(=O)(=O)N(C[C@H](O)[C@@H](N)c2ccccc2)C2CCC2)cc1. The second-order valence-electron chi connectivity index (χ2n) is 8.94. The molecular formula is C23H32N2O3S. The number of hydrogen-bond acceptors (Lipinski definition) is 4. The minimum absolute atomic E-state index is 0.00984. The molecule has 0 unspecified atom stereocenters. The van der Waals surface area contributed by atoms with Gasteiger partial charge in [-0.05, 0) is 41.5 Å². The van der Waals surface area contributed by atoms with E-state index >= 15 is 0 Å². The minimum Gasteiger partial charge on any atom is -0.390 e. The highest BCUT2D eigenvalue weighted by atomic mass is 32.2. The van der Waals surface area contributed by atoms with Crippen LogP contribution in [0.25, 0.3) is 0 Å². The molecule has 2 aromatic carbocycles. The molecular weight excluding hydrogens is 384 g/mol. The molecule has 3 rings (SSSR count). The summed E-state index contributed by atoms with van der Waals surface area (Å²) in [6.07, 6.45) is 1.64. The number of nitrogens with two attached hydrogens (primary N) is 1. The predicted molar refractivity (Wildman–Crippen MR) is 116 cm³/mol. The molecule has 158 valence electrons. The van der Waals surface area contributed by atoms with E-state index in [-0.39, 0.29) is 22.9 Å². The number of aliphatic hydroxyl groups excluding tert-OH is 1. The van der Waals surface area contributed by atoms with Gasteiger partial charge < -0.3 is 10.8 Å². The van der Waals surface area contributed by atoms with Crippen LogP contribution in [0.15, 0.2) is 59.5 Å². The third-order valence-corrected chi connectivity index (χ3v) is 7.71. The quantitative estimate of drug-likeness (QED) is 0.722. The molecule has 0 aliphatic heterocycles. The van der Waals surface area contributed by atoms with Gasteiger partial charge in [-0.25, -0.2) is 8.42 Å². The summed E-state index contributed by atoms with van der Waals surface area (Å²) in [7, 11) is -3.72. The van der Waals surface area contributed by atoms with Gasteiger partial charge in [-0.1, -0.05) is 69.7 Å². The van der Waals surface area contributed by atoms with Crippen molar-refractivity contribution in [3.63, 3.8) is 0 Å². The van der Waals surface area contributed by atoms with E-state index in [0.717, 1.165) is 30.4 Å². The first-order chi connectivity index (χ1) is 13.6. The summed E-state index contributed by atoms with van der Waals surface area (Å²) in [6, 6.07) is 15.7. The van der Waals surface area contributed by atoms with Crippen LogP contribution >= 0.6 is 0 Å². The topological polar surface area (TPSA) is 83.6 Å². The molecule has 0 spiro atoms. The molecule has 0 saturated heterocycles. The van der Waals surface area contributed by atoms with Crippen molar-refractivity contribution in [2.75, 3.05) is 6.54 Å². The Morgan fingerprint density at radius 2 is 1.66 bits per heavy atom. The summed E-state index contributed by atoms with van der Waals surface area (Å²) in [5, 5.41) is 10.7. The zero-order valence-electron chi connectivity index (χ0n) is 17.5. The van der Waals surface area contributed by atoms with Crippen molar-refractivity contribution in [1.29, 1.82) is 0 Å². The zero-order valence-corrected chi connectivity index (χ0v) is 18.3. The van der Waals surface area contributed by atoms with Crippen LogP contribution in [0.3, 0.4) is 0 Å². The first-order valence-corrected chi connectivity index (χ1v) is 11.7. The first kappa shape index (κ1) is 22.0. The number of hydrogen-bond donors (Lipinski definition) is 2. The van der Waals surface area contributed by atoms with Gasteiger partial charge in [0.1, 0.15) is 0 Å². The highest BCUT2D eigenvalue weighted by Crippen LogP contribution is 2.32. The maximum atomic E-state index is 13.4. The van der Waals surface area contributed by atoms with Gasteiger partial charge in [-0.3, -0.25) is 0 Å². The van der Waals surface area contributed by atoms with Crippen molar-refractivity contribution in [3.8, 4) is 0 Å². The van der Waals surface area contributed by atoms with E-state index in [2.05, 4.69) is 20.8 Å². The fraction of sp³-hybridized carbons (Fsp3) is 0.478. The fourth-order valence-corrected chi connectivity index (χ4v) is 5.28. The smallest absolute Gasteiger partial charge is 0.243 e. The molecule has 0 heterocycles. The van der Waals surface area contributed by atoms with E-state index in [1.54, 1.807) is 12.1 Å². The Kier molecular flexibility index (Phi) is 6.48. The Labute approximate surface area is 174 Å². The second kappa shape index (κ2) is 8.56. The maximum Gasteiger partial charge on any atom is 0.243 e. The van der Waals surface area contributed by atoms with Gasteiger partial charge in [0, 0.05) is 12.6 Å². The number of rotatable bonds is 7. The largest absolute Gasteiger partial charge is 0.390 e. The highest BCUT2D eigenvalue weighted by Gasteiger charge is 2.37. The Balaban J connectivity index is 1.84. The van der Waals surface area contributed by atoms with Crippen molar-refractivity contribution >= 4 is 10.0 Å². The average molecular weight is 417 g/mol. The number of sulfonamides is 1. The molecule has 0 amide bonds. The Morgan fingerprint density at radius 1 is 1.07 bits per heavy atom. The van der Waals surface area contributed by atoms with Crippen LogP contribution in [0.1, 0.15) is 57.2 Å². The van der Waals surface area contributed by atoms with Gasteiger partial charge in [-0.15, -0.1) is 0 Å². The van der Waals surface area contributed by atoms with Crippen LogP contribution in [0, 0.1) is 0 Å². The van der Waals surface area contributed by atoms with Crippen molar-refractivity contribution in [1.82, 2.24) is 4.31 Å². The lowest BCUT2D eigenvalue weighted by Crippen LogP contribution is -2.49. The third-order valence-electron chi connectivity index (χ3n) is 5.77. The van der Waals surface area contributed by atoms with Gasteiger partial charge in [0.05, 0.1) is 17.0 Å². The molecule has 0 bridgehead atoms. The Hall–Kier alpha value is -1.73. The highest BCUT2D eigenvalue weighted by molar-refractivity contribution is 7.89. The molecule has 0 aromatic heterocycles. The maximum absolute atomic E-state index is 13.4. The van der Waals surface area contributed by atoms with Crippen molar-refractivity contribution in [2.24, 2.45) is 5.73 Å². The van der Waals surface area contributed by atoms with Crippen LogP contribution in [0.5, 0.6) is 0 Å². The summed E-state index contributed by atoms with van der Waals surface area (Å²) in [5.41, 5.74) is 8.05. The molecule has 0 radical (unpaired) electrons. The Morgan fingerprint density at radius 3 is 2.14 bits per heavy atom. The molecule has 1 fully saturated rings. The molecule has 1 aliphatic rings. The summed E-state index contributed by atoms with van der Waals surface area (Å²) in [4.78, 5) is 0.262.